The molecule has 0 saturated carbocycles. The van der Waals surface area contributed by atoms with Crippen LogP contribution in [0.3, 0.4) is 0 Å². The van der Waals surface area contributed by atoms with E-state index in [0.717, 1.165) is 22.4 Å². The van der Waals surface area contributed by atoms with Gasteiger partial charge in [0.1, 0.15) is 12.6 Å². The van der Waals surface area contributed by atoms with E-state index in [-0.39, 0.29) is 17.7 Å². The van der Waals surface area contributed by atoms with Gasteiger partial charge in [0.25, 0.3) is 0 Å². The molecule has 29 heavy (non-hydrogen) atoms. The number of anilines is 1. The average molecular weight is 405 g/mol. The molecule has 2 N–H and O–H groups in total. The minimum atomic E-state index is -0.665. The Morgan fingerprint density at radius 2 is 1.52 bits per heavy atom. The van der Waals surface area contributed by atoms with Gasteiger partial charge in [-0.2, -0.15) is 0 Å². The molecule has 4 nitrogen and oxygen atoms in total. The van der Waals surface area contributed by atoms with Crippen molar-refractivity contribution in [2.75, 3.05) is 4.90 Å². The topological polar surface area (TPSA) is 55.6 Å². The van der Waals surface area contributed by atoms with Crippen molar-refractivity contribution in [1.29, 1.82) is 0 Å². The molecule has 0 fully saturated rings. The first-order valence-corrected chi connectivity index (χ1v) is 9.85. The molecule has 1 unspecified atom stereocenters. The number of rotatable bonds is 7. The number of nitrogens with zero attached hydrogens (tertiary/aromatic N) is 1. The van der Waals surface area contributed by atoms with E-state index in [1.54, 1.807) is 4.90 Å². The van der Waals surface area contributed by atoms with E-state index in [1.807, 2.05) is 91.9 Å². The van der Waals surface area contributed by atoms with Crippen LogP contribution in [0.5, 0.6) is 0 Å². The van der Waals surface area contributed by atoms with Crippen LogP contribution >= 0.6 is 12.2 Å². The van der Waals surface area contributed by atoms with Gasteiger partial charge >= 0.3 is 5.97 Å². The normalized spacial score (nSPS) is 11.5. The summed E-state index contributed by atoms with van der Waals surface area (Å²) in [4.78, 5) is 14.8. The Kier molecular flexibility index (Phi) is 6.98. The maximum atomic E-state index is 13.1. The van der Waals surface area contributed by atoms with Crippen molar-refractivity contribution in [3.05, 3.63) is 102 Å². The van der Waals surface area contributed by atoms with Crippen molar-refractivity contribution in [2.45, 2.75) is 26.0 Å². The molecular weight excluding hydrogens is 380 g/mol. The maximum Gasteiger partial charge on any atom is 0.329 e. The van der Waals surface area contributed by atoms with E-state index in [4.69, 9.17) is 22.7 Å². The van der Waals surface area contributed by atoms with Crippen LogP contribution in [-0.4, -0.2) is 17.1 Å². The van der Waals surface area contributed by atoms with Gasteiger partial charge in [-0.3, -0.25) is 0 Å². The van der Waals surface area contributed by atoms with E-state index in [9.17, 15) is 4.79 Å². The molecule has 0 heterocycles. The zero-order chi connectivity index (χ0) is 20.6. The fraction of sp³-hybridized carbons (Fsp3) is 0.167. The lowest BCUT2D eigenvalue weighted by Gasteiger charge is -2.31. The predicted molar refractivity (Wildman–Crippen MR) is 121 cm³/mol. The largest absolute Gasteiger partial charge is 0.459 e. The minimum absolute atomic E-state index is 0.130. The number of hydrogen-bond donors (Lipinski definition) is 1. The van der Waals surface area contributed by atoms with Gasteiger partial charge in [-0.05, 0) is 42.4 Å². The highest BCUT2D eigenvalue weighted by molar-refractivity contribution is 7.80. The number of esters is 1. The molecule has 0 bridgehead atoms. The molecule has 0 amide bonds. The predicted octanol–water partition coefficient (Wildman–Crippen LogP) is 4.40. The first-order chi connectivity index (χ1) is 14.0. The van der Waals surface area contributed by atoms with Gasteiger partial charge in [-0.1, -0.05) is 78.4 Å². The number of aryl methyl sites for hydroxylation is 1. The molecular formula is C24H24N2O2S. The van der Waals surface area contributed by atoms with E-state index in [0.29, 0.717) is 6.42 Å². The van der Waals surface area contributed by atoms with E-state index >= 15 is 0 Å². The fourth-order valence-corrected chi connectivity index (χ4v) is 3.33. The van der Waals surface area contributed by atoms with Crippen LogP contribution in [0.4, 0.5) is 5.69 Å². The third-order valence-corrected chi connectivity index (χ3v) is 4.83. The van der Waals surface area contributed by atoms with Crippen molar-refractivity contribution in [3.63, 3.8) is 0 Å². The molecule has 148 valence electrons. The van der Waals surface area contributed by atoms with Gasteiger partial charge in [0, 0.05) is 12.1 Å². The molecule has 0 aliphatic rings. The second-order valence-corrected chi connectivity index (χ2v) is 7.26. The highest BCUT2D eigenvalue weighted by Gasteiger charge is 2.30. The van der Waals surface area contributed by atoms with Gasteiger partial charge in [0.2, 0.25) is 0 Å². The smallest absolute Gasteiger partial charge is 0.329 e. The summed E-state index contributed by atoms with van der Waals surface area (Å²) >= 11 is 5.31. The zero-order valence-electron chi connectivity index (χ0n) is 16.3. The quantitative estimate of drug-likeness (QED) is 0.467. The SMILES string of the molecule is Cc1ccc(CC(C(=O)OCc2ccccc2)N(C(N)=S)c2ccccc2)cc1. The number of carbonyl (C=O) groups is 1. The summed E-state index contributed by atoms with van der Waals surface area (Å²) in [6.45, 7) is 2.23. The number of nitrogens with two attached hydrogens (primary N) is 1. The van der Waals surface area contributed by atoms with E-state index in [1.165, 1.54) is 0 Å². The molecule has 3 rings (SSSR count). The third-order valence-electron chi connectivity index (χ3n) is 4.63. The second-order valence-electron chi connectivity index (χ2n) is 6.84. The van der Waals surface area contributed by atoms with Crippen LogP contribution in [-0.2, 0) is 22.6 Å². The molecule has 5 heteroatoms. The maximum absolute atomic E-state index is 13.1. The van der Waals surface area contributed by atoms with Crippen molar-refractivity contribution >= 4 is 29.0 Å². The minimum Gasteiger partial charge on any atom is -0.459 e. The van der Waals surface area contributed by atoms with Crippen molar-refractivity contribution in [2.24, 2.45) is 5.73 Å². The number of thiocarbonyl (C=S) groups is 1. The Labute approximate surface area is 176 Å². The summed E-state index contributed by atoms with van der Waals surface area (Å²) in [5.41, 5.74) is 9.89. The second kappa shape index (κ2) is 9.85. The molecule has 3 aromatic carbocycles. The van der Waals surface area contributed by atoms with E-state index in [2.05, 4.69) is 0 Å². The highest BCUT2D eigenvalue weighted by atomic mass is 32.1. The van der Waals surface area contributed by atoms with Crippen LogP contribution in [0.1, 0.15) is 16.7 Å². The molecule has 3 aromatic rings. The molecule has 0 saturated heterocycles. The van der Waals surface area contributed by atoms with Crippen LogP contribution in [0.2, 0.25) is 0 Å². The Morgan fingerprint density at radius 1 is 0.931 bits per heavy atom. The average Bonchev–Trinajstić information content (AvgIpc) is 2.74. The Morgan fingerprint density at radius 3 is 2.10 bits per heavy atom. The standard InChI is InChI=1S/C24H24N2O2S/c1-18-12-14-19(15-13-18)16-22(23(27)28-17-20-8-4-2-5-9-20)26(24(25)29)21-10-6-3-7-11-21/h2-15,22H,16-17H2,1H3,(H2,25,29). The summed E-state index contributed by atoms with van der Waals surface area (Å²) in [5, 5.41) is 0.130. The fourth-order valence-electron chi connectivity index (χ4n) is 3.10. The first-order valence-electron chi connectivity index (χ1n) is 9.44. The molecule has 0 aromatic heterocycles. The van der Waals surface area contributed by atoms with E-state index < -0.39 is 6.04 Å². The zero-order valence-corrected chi connectivity index (χ0v) is 17.1. The lowest BCUT2D eigenvalue weighted by molar-refractivity contribution is -0.146. The highest BCUT2D eigenvalue weighted by Crippen LogP contribution is 2.21. The lowest BCUT2D eigenvalue weighted by atomic mass is 10.0. The third kappa shape index (κ3) is 5.65. The molecule has 0 aliphatic carbocycles. The van der Waals surface area contributed by atoms with Crippen LogP contribution in [0.15, 0.2) is 84.9 Å². The summed E-state index contributed by atoms with van der Waals surface area (Å²) in [5.74, 6) is -0.369. The molecule has 0 spiro atoms. The number of hydrogen-bond acceptors (Lipinski definition) is 3. The van der Waals surface area contributed by atoms with Crippen molar-refractivity contribution < 1.29 is 9.53 Å². The van der Waals surface area contributed by atoms with Gasteiger partial charge in [-0.15, -0.1) is 0 Å². The number of carbonyl (C=O) groups excluding carboxylic acids is 1. The van der Waals surface area contributed by atoms with Gasteiger partial charge in [0.15, 0.2) is 5.11 Å². The summed E-state index contributed by atoms with van der Waals surface area (Å²) in [6.07, 6.45) is 0.431. The van der Waals surface area contributed by atoms with Crippen LogP contribution < -0.4 is 10.6 Å². The first kappa shape index (κ1) is 20.6. The van der Waals surface area contributed by atoms with Gasteiger partial charge in [0.05, 0.1) is 0 Å². The monoisotopic (exact) mass is 404 g/mol. The van der Waals surface area contributed by atoms with Crippen molar-refractivity contribution in [1.82, 2.24) is 0 Å². The Bertz CT molecular complexity index is 944. The molecule has 1 atom stereocenters. The number of ether oxygens (including phenoxy) is 1. The number of benzene rings is 3. The lowest BCUT2D eigenvalue weighted by Crippen LogP contribution is -2.49. The Balaban J connectivity index is 1.88. The Hall–Kier alpha value is -3.18. The molecule has 0 radical (unpaired) electrons. The summed E-state index contributed by atoms with van der Waals surface area (Å²) in [7, 11) is 0. The van der Waals surface area contributed by atoms with Gasteiger partial charge in [-0.25, -0.2) is 4.79 Å². The van der Waals surface area contributed by atoms with Crippen molar-refractivity contribution in [3.8, 4) is 0 Å². The van der Waals surface area contributed by atoms with Crippen LogP contribution in [0, 0.1) is 6.92 Å². The summed E-state index contributed by atoms with van der Waals surface area (Å²) in [6, 6.07) is 26.4. The van der Waals surface area contributed by atoms with Crippen LogP contribution in [0.25, 0.3) is 0 Å². The number of para-hydroxylation sites is 1. The molecule has 0 aliphatic heterocycles. The van der Waals surface area contributed by atoms with Gasteiger partial charge < -0.3 is 15.4 Å². The summed E-state index contributed by atoms with van der Waals surface area (Å²) < 4.78 is 5.64.